The van der Waals surface area contributed by atoms with E-state index >= 15 is 0 Å². The number of carbonyl (C=O) groups is 5. The molecule has 3 rings (SSSR count). The van der Waals surface area contributed by atoms with E-state index in [1.54, 1.807) is 48.5 Å². The number of esters is 3. The topological polar surface area (TPSA) is 137 Å². The van der Waals surface area contributed by atoms with Crippen LogP contribution in [0.2, 0.25) is 0 Å². The molecule has 2 unspecified atom stereocenters. The Bertz CT molecular complexity index is 1320. The summed E-state index contributed by atoms with van der Waals surface area (Å²) in [6.45, 7) is 1.20. The molecule has 220 valence electrons. The fourth-order valence-corrected chi connectivity index (χ4v) is 3.84. The molecule has 0 bridgehead atoms. The van der Waals surface area contributed by atoms with Gasteiger partial charge in [0.05, 0.1) is 6.42 Å². The normalized spacial score (nSPS) is 11.8. The lowest BCUT2D eigenvalue weighted by Crippen LogP contribution is -2.52. The highest BCUT2D eigenvalue weighted by Crippen LogP contribution is 2.10. The predicted molar refractivity (Wildman–Crippen MR) is 152 cm³/mol. The lowest BCUT2D eigenvalue weighted by molar-refractivity contribution is -0.151. The summed E-state index contributed by atoms with van der Waals surface area (Å²) in [5.74, 6) is -3.44. The van der Waals surface area contributed by atoms with Gasteiger partial charge in [-0.15, -0.1) is 0 Å². The first-order chi connectivity index (χ1) is 20.3. The first-order valence-corrected chi connectivity index (χ1v) is 13.5. The summed E-state index contributed by atoms with van der Waals surface area (Å²) >= 11 is 0. The van der Waals surface area contributed by atoms with E-state index in [-0.39, 0.29) is 32.7 Å². The van der Waals surface area contributed by atoms with Crippen LogP contribution in [0.3, 0.4) is 0 Å². The van der Waals surface area contributed by atoms with Crippen molar-refractivity contribution in [1.29, 1.82) is 0 Å². The van der Waals surface area contributed by atoms with Crippen molar-refractivity contribution in [1.82, 2.24) is 10.6 Å². The molecule has 0 fully saturated rings. The molecule has 3 aromatic rings. The molecule has 0 aliphatic carbocycles. The van der Waals surface area contributed by atoms with Gasteiger partial charge in [-0.1, -0.05) is 91.0 Å². The zero-order chi connectivity index (χ0) is 30.2. The number of rotatable bonds is 15. The van der Waals surface area contributed by atoms with E-state index in [4.69, 9.17) is 14.2 Å². The molecule has 3 aromatic carbocycles. The summed E-state index contributed by atoms with van der Waals surface area (Å²) in [5, 5.41) is 4.94. The fraction of sp³-hybridized carbons (Fsp3) is 0.281. The van der Waals surface area contributed by atoms with Gasteiger partial charge in [0.25, 0.3) is 0 Å². The van der Waals surface area contributed by atoms with Crippen molar-refractivity contribution < 1.29 is 38.2 Å². The van der Waals surface area contributed by atoms with Crippen LogP contribution in [-0.4, -0.2) is 41.8 Å². The summed E-state index contributed by atoms with van der Waals surface area (Å²) in [5.41, 5.74) is 2.29. The zero-order valence-corrected chi connectivity index (χ0v) is 23.3. The maximum atomic E-state index is 13.2. The van der Waals surface area contributed by atoms with Crippen molar-refractivity contribution in [2.24, 2.45) is 0 Å². The minimum absolute atomic E-state index is 0.00634. The molecule has 10 nitrogen and oxygen atoms in total. The predicted octanol–water partition coefficient (Wildman–Crippen LogP) is 3.38. The van der Waals surface area contributed by atoms with Crippen molar-refractivity contribution in [3.05, 3.63) is 108 Å². The second kappa shape index (κ2) is 17.0. The summed E-state index contributed by atoms with van der Waals surface area (Å²) < 4.78 is 15.9. The summed E-state index contributed by atoms with van der Waals surface area (Å²) in [6, 6.07) is 24.5. The molecule has 0 radical (unpaired) electrons. The SMILES string of the molecule is CC(=O)NC(CC(=O)OCc1ccccc1)C(=O)NC(CCC(=O)OCc1ccccc1)C(=O)OCc1ccccc1. The van der Waals surface area contributed by atoms with Gasteiger partial charge in [-0.3, -0.25) is 19.2 Å². The average molecular weight is 575 g/mol. The minimum Gasteiger partial charge on any atom is -0.461 e. The van der Waals surface area contributed by atoms with E-state index in [1.165, 1.54) is 6.92 Å². The monoisotopic (exact) mass is 574 g/mol. The minimum atomic E-state index is -1.32. The van der Waals surface area contributed by atoms with E-state index in [2.05, 4.69) is 10.6 Å². The van der Waals surface area contributed by atoms with Crippen LogP contribution in [0.5, 0.6) is 0 Å². The Morgan fingerprint density at radius 1 is 0.595 bits per heavy atom. The maximum absolute atomic E-state index is 13.2. The largest absolute Gasteiger partial charge is 0.461 e. The average Bonchev–Trinajstić information content (AvgIpc) is 3.00. The molecule has 2 amide bonds. The molecule has 0 spiro atoms. The molecule has 2 atom stereocenters. The van der Waals surface area contributed by atoms with Crippen molar-refractivity contribution in [2.45, 2.75) is 58.1 Å². The second-order valence-electron chi connectivity index (χ2n) is 9.44. The molecule has 10 heteroatoms. The molecule has 0 saturated carbocycles. The third-order valence-corrected chi connectivity index (χ3v) is 6.01. The fourth-order valence-electron chi connectivity index (χ4n) is 3.84. The Labute approximate surface area is 244 Å². The van der Waals surface area contributed by atoms with E-state index in [0.717, 1.165) is 16.7 Å². The number of nitrogens with one attached hydrogen (secondary N) is 2. The zero-order valence-electron chi connectivity index (χ0n) is 23.3. The van der Waals surface area contributed by atoms with E-state index in [9.17, 15) is 24.0 Å². The molecular weight excluding hydrogens is 540 g/mol. The maximum Gasteiger partial charge on any atom is 0.328 e. The Balaban J connectivity index is 1.62. The van der Waals surface area contributed by atoms with Gasteiger partial charge in [0.1, 0.15) is 31.9 Å². The van der Waals surface area contributed by atoms with Crippen LogP contribution in [0.4, 0.5) is 0 Å². The summed E-state index contributed by atoms with van der Waals surface area (Å²) in [4.78, 5) is 62.9. The van der Waals surface area contributed by atoms with Gasteiger partial charge in [-0.25, -0.2) is 4.79 Å². The number of benzene rings is 3. The first-order valence-electron chi connectivity index (χ1n) is 13.5. The summed E-state index contributed by atoms with van der Waals surface area (Å²) in [6.07, 6.45) is -0.788. The highest BCUT2D eigenvalue weighted by molar-refractivity contribution is 5.93. The van der Waals surface area contributed by atoms with Crippen molar-refractivity contribution in [3.63, 3.8) is 0 Å². The number of carbonyl (C=O) groups excluding carboxylic acids is 5. The molecule has 2 N–H and O–H groups in total. The van der Waals surface area contributed by atoms with Crippen LogP contribution in [0.15, 0.2) is 91.0 Å². The number of ether oxygens (including phenoxy) is 3. The molecule has 0 heterocycles. The van der Waals surface area contributed by atoms with E-state index < -0.39 is 48.2 Å². The first kappa shape index (κ1) is 31.5. The number of hydrogen-bond donors (Lipinski definition) is 2. The van der Waals surface area contributed by atoms with Gasteiger partial charge in [0.2, 0.25) is 11.8 Å². The van der Waals surface area contributed by atoms with Gasteiger partial charge in [0, 0.05) is 13.3 Å². The van der Waals surface area contributed by atoms with Crippen LogP contribution in [0.1, 0.15) is 42.9 Å². The lowest BCUT2D eigenvalue weighted by Gasteiger charge is -2.22. The van der Waals surface area contributed by atoms with E-state index in [0.29, 0.717) is 0 Å². The molecule has 0 aliphatic rings. The summed E-state index contributed by atoms with van der Waals surface area (Å²) in [7, 11) is 0. The highest BCUT2D eigenvalue weighted by Gasteiger charge is 2.30. The smallest absolute Gasteiger partial charge is 0.328 e. The van der Waals surface area contributed by atoms with E-state index in [1.807, 2.05) is 42.5 Å². The van der Waals surface area contributed by atoms with Crippen molar-refractivity contribution in [3.8, 4) is 0 Å². The highest BCUT2D eigenvalue weighted by atomic mass is 16.5. The third kappa shape index (κ3) is 11.6. The number of amides is 2. The molecule has 0 saturated heterocycles. The van der Waals surface area contributed by atoms with Crippen molar-refractivity contribution >= 4 is 29.7 Å². The third-order valence-electron chi connectivity index (χ3n) is 6.01. The quantitative estimate of drug-likeness (QED) is 0.208. The van der Waals surface area contributed by atoms with Crippen LogP contribution in [-0.2, 0) is 58.0 Å². The van der Waals surface area contributed by atoms with Gasteiger partial charge in [-0.05, 0) is 23.1 Å². The molecule has 42 heavy (non-hydrogen) atoms. The Kier molecular flexibility index (Phi) is 12.7. The van der Waals surface area contributed by atoms with Gasteiger partial charge < -0.3 is 24.8 Å². The molecular formula is C32H34N2O8. The molecule has 0 aliphatic heterocycles. The van der Waals surface area contributed by atoms with Crippen LogP contribution < -0.4 is 10.6 Å². The van der Waals surface area contributed by atoms with Gasteiger partial charge >= 0.3 is 17.9 Å². The van der Waals surface area contributed by atoms with Gasteiger partial charge in [0.15, 0.2) is 0 Å². The van der Waals surface area contributed by atoms with Crippen LogP contribution in [0, 0.1) is 0 Å². The number of hydrogen-bond acceptors (Lipinski definition) is 8. The Hall–Kier alpha value is -4.99. The standard InChI is InChI=1S/C32H34N2O8/c1-23(35)33-28(19-30(37)41-21-25-13-7-3-8-14-25)31(38)34-27(32(39)42-22-26-15-9-4-10-16-26)17-18-29(36)40-20-24-11-5-2-6-12-24/h2-16,27-28H,17-22H2,1H3,(H,33,35)(H,34,38). The lowest BCUT2D eigenvalue weighted by atomic mass is 10.1. The van der Waals surface area contributed by atoms with Crippen LogP contribution in [0.25, 0.3) is 0 Å². The van der Waals surface area contributed by atoms with Crippen LogP contribution >= 0.6 is 0 Å². The van der Waals surface area contributed by atoms with Gasteiger partial charge in [-0.2, -0.15) is 0 Å². The van der Waals surface area contributed by atoms with Crippen molar-refractivity contribution in [2.75, 3.05) is 0 Å². The molecule has 0 aromatic heterocycles. The Morgan fingerprint density at radius 2 is 1.05 bits per heavy atom. The Morgan fingerprint density at radius 3 is 1.52 bits per heavy atom. The second-order valence-corrected chi connectivity index (χ2v) is 9.44.